The number of carbonyl (C=O) groups is 4. The van der Waals surface area contributed by atoms with Gasteiger partial charge < -0.3 is 14.4 Å². The van der Waals surface area contributed by atoms with E-state index in [1.54, 1.807) is 25.0 Å². The van der Waals surface area contributed by atoms with Crippen LogP contribution in [0.4, 0.5) is 0 Å². The molecule has 1 aromatic carbocycles. The minimum Gasteiger partial charge on any atom is -0.461 e. The second-order valence-corrected chi connectivity index (χ2v) is 7.60. The Morgan fingerprint density at radius 1 is 1.19 bits per heavy atom. The van der Waals surface area contributed by atoms with Crippen molar-refractivity contribution < 1.29 is 28.7 Å². The van der Waals surface area contributed by atoms with E-state index in [4.69, 9.17) is 9.47 Å². The highest BCUT2D eigenvalue weighted by molar-refractivity contribution is 6.22. The number of nitrogens with one attached hydrogen (secondary N) is 1. The fourth-order valence-electron chi connectivity index (χ4n) is 4.01. The Balaban J connectivity index is 1.53. The maximum Gasteiger partial charge on any atom is 0.359 e. The van der Waals surface area contributed by atoms with Crippen LogP contribution in [0.15, 0.2) is 18.2 Å². The van der Waals surface area contributed by atoms with E-state index in [1.165, 1.54) is 17.0 Å². The molecule has 0 aliphatic carbocycles. The van der Waals surface area contributed by atoms with Crippen LogP contribution in [0.3, 0.4) is 0 Å². The van der Waals surface area contributed by atoms with Crippen LogP contribution < -0.4 is 0 Å². The number of benzene rings is 1. The Kier molecular flexibility index (Phi) is 6.04. The molecule has 0 saturated heterocycles. The van der Waals surface area contributed by atoms with Crippen molar-refractivity contribution in [2.45, 2.75) is 26.3 Å². The Morgan fingerprint density at radius 3 is 2.72 bits per heavy atom. The number of ether oxygens (including phenoxy) is 2. The summed E-state index contributed by atoms with van der Waals surface area (Å²) in [5.74, 6) is -1.58. The number of H-pyrrole nitrogens is 1. The highest BCUT2D eigenvalue weighted by Gasteiger charge is 2.36. The zero-order valence-corrected chi connectivity index (χ0v) is 18.0. The monoisotopic (exact) mass is 440 g/mol. The van der Waals surface area contributed by atoms with E-state index in [9.17, 15) is 19.2 Å². The first-order valence-electron chi connectivity index (χ1n) is 10.5. The van der Waals surface area contributed by atoms with Crippen molar-refractivity contribution in [1.82, 2.24) is 20.0 Å². The van der Waals surface area contributed by atoms with Gasteiger partial charge in [-0.2, -0.15) is 5.10 Å². The number of aromatic nitrogens is 2. The first-order chi connectivity index (χ1) is 15.5. The van der Waals surface area contributed by atoms with Crippen LogP contribution in [0.2, 0.25) is 0 Å². The summed E-state index contributed by atoms with van der Waals surface area (Å²) in [5, 5.41) is 6.90. The summed E-state index contributed by atoms with van der Waals surface area (Å²) in [6.07, 6.45) is 1.06. The number of aromatic amines is 1. The average Bonchev–Trinajstić information content (AvgIpc) is 3.33. The average molecular weight is 440 g/mol. The molecule has 0 saturated carbocycles. The number of methoxy groups -OCH3 is 1. The van der Waals surface area contributed by atoms with Gasteiger partial charge in [0.1, 0.15) is 0 Å². The van der Waals surface area contributed by atoms with Crippen molar-refractivity contribution in [2.24, 2.45) is 0 Å². The van der Waals surface area contributed by atoms with Gasteiger partial charge in [-0.1, -0.05) is 0 Å². The van der Waals surface area contributed by atoms with Crippen molar-refractivity contribution in [3.05, 3.63) is 51.8 Å². The Morgan fingerprint density at radius 2 is 1.97 bits per heavy atom. The summed E-state index contributed by atoms with van der Waals surface area (Å²) < 4.78 is 10.0. The number of imide groups is 1. The second kappa shape index (κ2) is 8.91. The summed E-state index contributed by atoms with van der Waals surface area (Å²) in [6, 6.07) is 4.56. The lowest BCUT2D eigenvalue weighted by Crippen LogP contribution is -2.36. The van der Waals surface area contributed by atoms with E-state index in [1.807, 2.05) is 0 Å². The molecule has 0 fully saturated rings. The standard InChI is InChI=1S/C22H24N4O6/c1-3-32-22(30)18-16-12-25(9-7-17(16)23-24-18)19(27)13-5-6-14-15(11-13)21(29)26(20(14)28)8-4-10-31-2/h5-6,11H,3-4,7-10,12H2,1-2H3,(H,23,24). The Labute approximate surface area is 184 Å². The largest absolute Gasteiger partial charge is 0.461 e. The molecule has 2 aliphatic rings. The van der Waals surface area contributed by atoms with Crippen molar-refractivity contribution in [2.75, 3.05) is 33.4 Å². The van der Waals surface area contributed by atoms with Gasteiger partial charge in [0.25, 0.3) is 17.7 Å². The van der Waals surface area contributed by atoms with Crippen molar-refractivity contribution in [3.63, 3.8) is 0 Å². The molecule has 3 heterocycles. The van der Waals surface area contributed by atoms with Crippen molar-refractivity contribution in [1.29, 1.82) is 0 Å². The van der Waals surface area contributed by atoms with Crippen LogP contribution in [0.5, 0.6) is 0 Å². The number of carbonyl (C=O) groups excluding carboxylic acids is 4. The SMILES string of the molecule is CCOC(=O)c1n[nH]c2c1CN(C(=O)c1ccc3c(c1)C(=O)N(CCCOC)C3=O)CC2. The van der Waals surface area contributed by atoms with Crippen LogP contribution in [0, 0.1) is 0 Å². The van der Waals surface area contributed by atoms with Crippen LogP contribution >= 0.6 is 0 Å². The smallest absolute Gasteiger partial charge is 0.359 e. The molecular weight excluding hydrogens is 416 g/mol. The highest BCUT2D eigenvalue weighted by Crippen LogP contribution is 2.27. The summed E-state index contributed by atoms with van der Waals surface area (Å²) in [7, 11) is 1.56. The van der Waals surface area contributed by atoms with Gasteiger partial charge in [0.05, 0.1) is 24.3 Å². The maximum absolute atomic E-state index is 13.2. The van der Waals surface area contributed by atoms with Crippen LogP contribution in [-0.2, 0) is 22.4 Å². The zero-order chi connectivity index (χ0) is 22.8. The zero-order valence-electron chi connectivity index (χ0n) is 18.0. The predicted molar refractivity (Wildman–Crippen MR) is 111 cm³/mol. The number of esters is 1. The van der Waals surface area contributed by atoms with Gasteiger partial charge in [-0.05, 0) is 31.5 Å². The fourth-order valence-corrected chi connectivity index (χ4v) is 4.01. The maximum atomic E-state index is 13.2. The molecular formula is C22H24N4O6. The summed E-state index contributed by atoms with van der Waals surface area (Å²) in [5.41, 5.74) is 2.46. The van der Waals surface area contributed by atoms with Crippen LogP contribution in [0.1, 0.15) is 66.2 Å². The minimum atomic E-state index is -0.533. The van der Waals surface area contributed by atoms with E-state index >= 15 is 0 Å². The molecule has 10 nitrogen and oxygen atoms in total. The van der Waals surface area contributed by atoms with E-state index in [-0.39, 0.29) is 42.8 Å². The highest BCUT2D eigenvalue weighted by atomic mass is 16.5. The van der Waals surface area contributed by atoms with Crippen LogP contribution in [-0.4, -0.2) is 77.1 Å². The number of amides is 3. The van der Waals surface area contributed by atoms with Crippen molar-refractivity contribution in [3.8, 4) is 0 Å². The molecule has 0 bridgehead atoms. The van der Waals surface area contributed by atoms with Gasteiger partial charge in [-0.25, -0.2) is 4.79 Å². The lowest BCUT2D eigenvalue weighted by molar-refractivity contribution is 0.0512. The molecule has 0 radical (unpaired) electrons. The number of hydrogen-bond donors (Lipinski definition) is 1. The number of nitrogens with zero attached hydrogens (tertiary/aromatic N) is 3. The predicted octanol–water partition coefficient (Wildman–Crippen LogP) is 1.42. The van der Waals surface area contributed by atoms with E-state index in [0.29, 0.717) is 42.7 Å². The van der Waals surface area contributed by atoms with E-state index < -0.39 is 11.9 Å². The van der Waals surface area contributed by atoms with Gasteiger partial charge in [0, 0.05) is 50.0 Å². The van der Waals surface area contributed by atoms with Gasteiger partial charge in [0.15, 0.2) is 5.69 Å². The molecule has 2 aliphatic heterocycles. The molecule has 0 atom stereocenters. The lowest BCUT2D eigenvalue weighted by atomic mass is 10.0. The second-order valence-electron chi connectivity index (χ2n) is 7.60. The summed E-state index contributed by atoms with van der Waals surface area (Å²) in [6.45, 7) is 3.28. The molecule has 0 unspecified atom stereocenters. The number of fused-ring (bicyclic) bond motifs is 2. The third-order valence-electron chi connectivity index (χ3n) is 5.64. The molecule has 0 spiro atoms. The fraction of sp³-hybridized carbons (Fsp3) is 0.409. The van der Waals surface area contributed by atoms with Gasteiger partial charge >= 0.3 is 5.97 Å². The summed E-state index contributed by atoms with van der Waals surface area (Å²) in [4.78, 5) is 53.4. The quantitative estimate of drug-likeness (QED) is 0.392. The van der Waals surface area contributed by atoms with E-state index in [0.717, 1.165) is 5.69 Å². The lowest BCUT2D eigenvalue weighted by Gasteiger charge is -2.27. The first kappa shape index (κ1) is 21.7. The van der Waals surface area contributed by atoms with Crippen LogP contribution in [0.25, 0.3) is 0 Å². The van der Waals surface area contributed by atoms with Gasteiger partial charge in [0.2, 0.25) is 0 Å². The number of rotatable bonds is 7. The number of hydrogen-bond acceptors (Lipinski definition) is 7. The molecule has 1 aromatic heterocycles. The topological polar surface area (TPSA) is 122 Å². The molecule has 32 heavy (non-hydrogen) atoms. The Hall–Kier alpha value is -3.53. The molecule has 4 rings (SSSR count). The minimum absolute atomic E-state index is 0.181. The third-order valence-corrected chi connectivity index (χ3v) is 5.64. The molecule has 2 aromatic rings. The first-order valence-corrected chi connectivity index (χ1v) is 10.5. The molecule has 10 heteroatoms. The molecule has 3 amide bonds. The third kappa shape index (κ3) is 3.77. The van der Waals surface area contributed by atoms with Crippen molar-refractivity contribution >= 4 is 23.7 Å². The van der Waals surface area contributed by atoms with Gasteiger partial charge in [-0.15, -0.1) is 0 Å². The van der Waals surface area contributed by atoms with Gasteiger partial charge in [-0.3, -0.25) is 24.4 Å². The Bertz CT molecular complexity index is 1090. The van der Waals surface area contributed by atoms with E-state index in [2.05, 4.69) is 10.2 Å². The summed E-state index contributed by atoms with van der Waals surface area (Å²) >= 11 is 0. The normalized spacial score (nSPS) is 15.1. The molecule has 1 N–H and O–H groups in total. The molecule has 168 valence electrons.